The Bertz CT molecular complexity index is 942. The van der Waals surface area contributed by atoms with Crippen LogP contribution in [0.5, 0.6) is 0 Å². The molecule has 26 heavy (non-hydrogen) atoms. The quantitative estimate of drug-likeness (QED) is 0.623. The Morgan fingerprint density at radius 2 is 1.35 bits per heavy atom. The zero-order valence-corrected chi connectivity index (χ0v) is 14.8. The van der Waals surface area contributed by atoms with Gasteiger partial charge in [-0.05, 0) is 17.7 Å². The highest BCUT2D eigenvalue weighted by Crippen LogP contribution is 2.36. The Hall–Kier alpha value is -2.91. The summed E-state index contributed by atoms with van der Waals surface area (Å²) in [6.07, 6.45) is 0.380. The molecular weight excluding hydrogens is 344 g/mol. The van der Waals surface area contributed by atoms with Crippen LogP contribution in [0.15, 0.2) is 96.1 Å². The number of hydrazone groups is 1. The molecule has 1 heterocycles. The van der Waals surface area contributed by atoms with Gasteiger partial charge in [0.2, 0.25) is 0 Å². The van der Waals surface area contributed by atoms with Gasteiger partial charge >= 0.3 is 0 Å². The van der Waals surface area contributed by atoms with E-state index >= 15 is 0 Å². The van der Waals surface area contributed by atoms with Gasteiger partial charge in [-0.2, -0.15) is 10.1 Å². The van der Waals surface area contributed by atoms with Gasteiger partial charge in [-0.15, -0.1) is 11.6 Å². The number of hydrogen-bond donors (Lipinski definition) is 0. The fourth-order valence-corrected chi connectivity index (χ4v) is 3.54. The molecule has 0 saturated heterocycles. The highest BCUT2D eigenvalue weighted by atomic mass is 35.5. The maximum absolute atomic E-state index is 13.3. The largest absolute Gasteiger partial charge is 0.275 e. The third-order valence-electron chi connectivity index (χ3n) is 4.45. The van der Waals surface area contributed by atoms with Crippen LogP contribution in [0.1, 0.15) is 11.1 Å². The highest BCUT2D eigenvalue weighted by Gasteiger charge is 2.50. The van der Waals surface area contributed by atoms with Crippen molar-refractivity contribution in [1.82, 2.24) is 0 Å². The molecule has 0 aromatic heterocycles. The van der Waals surface area contributed by atoms with E-state index < -0.39 is 4.87 Å². The van der Waals surface area contributed by atoms with Crippen LogP contribution in [0.4, 0.5) is 5.69 Å². The summed E-state index contributed by atoms with van der Waals surface area (Å²) in [5.41, 5.74) is 3.14. The number of benzene rings is 3. The normalized spacial score (nSPS) is 19.5. The number of alkyl halides is 1. The van der Waals surface area contributed by atoms with Crippen molar-refractivity contribution >= 4 is 28.9 Å². The van der Waals surface area contributed by atoms with Crippen LogP contribution in [0.2, 0.25) is 0 Å². The number of anilines is 1. The molecule has 0 bridgehead atoms. The monoisotopic (exact) mass is 360 g/mol. The third kappa shape index (κ3) is 2.91. The summed E-state index contributed by atoms with van der Waals surface area (Å²) >= 11 is 6.98. The molecule has 4 rings (SSSR count). The average Bonchev–Trinajstić information content (AvgIpc) is 2.95. The van der Waals surface area contributed by atoms with Crippen molar-refractivity contribution in [3.05, 3.63) is 102 Å². The van der Waals surface area contributed by atoms with Crippen molar-refractivity contribution in [2.45, 2.75) is 11.3 Å². The number of carbonyl (C=O) groups excluding carboxylic acids is 1. The van der Waals surface area contributed by atoms with E-state index in [9.17, 15) is 4.79 Å². The summed E-state index contributed by atoms with van der Waals surface area (Å²) < 4.78 is 0. The summed E-state index contributed by atoms with van der Waals surface area (Å²) in [7, 11) is 0. The zero-order chi connectivity index (χ0) is 18.0. The van der Waals surface area contributed by atoms with Gasteiger partial charge in [0.1, 0.15) is 0 Å². The molecule has 4 heteroatoms. The second-order valence-electron chi connectivity index (χ2n) is 6.23. The van der Waals surface area contributed by atoms with Crippen molar-refractivity contribution in [1.29, 1.82) is 0 Å². The summed E-state index contributed by atoms with van der Waals surface area (Å²) in [4.78, 5) is 12.1. The first-order chi connectivity index (χ1) is 12.7. The molecule has 0 fully saturated rings. The molecule has 128 valence electrons. The number of para-hydroxylation sites is 1. The molecule has 1 aliphatic rings. The van der Waals surface area contributed by atoms with E-state index in [1.165, 1.54) is 5.01 Å². The minimum atomic E-state index is -1.24. The number of hydrogen-bond acceptors (Lipinski definition) is 2. The van der Waals surface area contributed by atoms with Crippen LogP contribution in [0.25, 0.3) is 0 Å². The van der Waals surface area contributed by atoms with Crippen molar-refractivity contribution < 1.29 is 4.79 Å². The summed E-state index contributed by atoms with van der Waals surface area (Å²) in [6, 6.07) is 28.8. The molecule has 0 radical (unpaired) electrons. The Balaban J connectivity index is 1.80. The third-order valence-corrected chi connectivity index (χ3v) is 4.92. The van der Waals surface area contributed by atoms with Gasteiger partial charge in [0, 0.05) is 12.0 Å². The van der Waals surface area contributed by atoms with Gasteiger partial charge in [-0.25, -0.2) is 0 Å². The van der Waals surface area contributed by atoms with Gasteiger partial charge in [0.25, 0.3) is 5.91 Å². The molecule has 3 aromatic carbocycles. The van der Waals surface area contributed by atoms with Crippen molar-refractivity contribution in [3.8, 4) is 0 Å². The molecule has 0 unspecified atom stereocenters. The number of nitrogens with zero attached hydrogens (tertiary/aromatic N) is 2. The fraction of sp³-hybridized carbons (Fsp3) is 0.0909. The lowest BCUT2D eigenvalue weighted by Gasteiger charge is -2.22. The van der Waals surface area contributed by atoms with Crippen molar-refractivity contribution in [2.24, 2.45) is 5.10 Å². The van der Waals surface area contributed by atoms with Crippen molar-refractivity contribution in [2.75, 3.05) is 5.01 Å². The molecule has 3 nitrogen and oxygen atoms in total. The fourth-order valence-electron chi connectivity index (χ4n) is 3.16. The molecule has 3 aromatic rings. The second kappa shape index (κ2) is 6.77. The Morgan fingerprint density at radius 1 is 0.808 bits per heavy atom. The Morgan fingerprint density at radius 3 is 1.96 bits per heavy atom. The van der Waals surface area contributed by atoms with Crippen LogP contribution >= 0.6 is 11.6 Å². The van der Waals surface area contributed by atoms with E-state index in [2.05, 4.69) is 5.10 Å². The lowest BCUT2D eigenvalue weighted by Crippen LogP contribution is -2.43. The van der Waals surface area contributed by atoms with Crippen LogP contribution in [-0.4, -0.2) is 16.5 Å². The molecule has 1 amide bonds. The number of carbonyl (C=O) groups is 1. The van der Waals surface area contributed by atoms with Gasteiger partial charge in [0.15, 0.2) is 4.87 Å². The van der Waals surface area contributed by atoms with Gasteiger partial charge in [0.05, 0.1) is 11.4 Å². The minimum Gasteiger partial charge on any atom is -0.270 e. The predicted molar refractivity (Wildman–Crippen MR) is 106 cm³/mol. The van der Waals surface area contributed by atoms with E-state index in [0.717, 1.165) is 11.1 Å². The first-order valence-electron chi connectivity index (χ1n) is 8.45. The topological polar surface area (TPSA) is 32.7 Å². The highest BCUT2D eigenvalue weighted by molar-refractivity contribution is 6.53. The van der Waals surface area contributed by atoms with Crippen LogP contribution in [-0.2, 0) is 11.2 Å². The maximum atomic E-state index is 13.3. The van der Waals surface area contributed by atoms with Crippen LogP contribution < -0.4 is 5.01 Å². The van der Waals surface area contributed by atoms with E-state index in [1.807, 2.05) is 91.0 Å². The lowest BCUT2D eigenvalue weighted by molar-refractivity contribution is -0.118. The average molecular weight is 361 g/mol. The number of amides is 1. The lowest BCUT2D eigenvalue weighted by atomic mass is 9.89. The standard InChI is InChI=1S/C22H17ClN2O/c23-22(16-17-10-4-1-5-11-17)20(18-12-6-2-7-13-18)24-25(21(22)26)19-14-8-3-9-15-19/h1-15H,16H2/t22-/m0/s1. The number of halogens is 1. The van der Waals surface area contributed by atoms with E-state index in [1.54, 1.807) is 0 Å². The minimum absolute atomic E-state index is 0.229. The summed E-state index contributed by atoms with van der Waals surface area (Å²) in [5.74, 6) is -0.229. The smallest absolute Gasteiger partial charge is 0.270 e. The molecule has 0 saturated carbocycles. The molecule has 1 aliphatic heterocycles. The Kier molecular flexibility index (Phi) is 4.31. The van der Waals surface area contributed by atoms with Gasteiger partial charge in [-0.3, -0.25) is 4.79 Å². The van der Waals surface area contributed by atoms with Crippen molar-refractivity contribution in [3.63, 3.8) is 0 Å². The molecule has 0 N–H and O–H groups in total. The van der Waals surface area contributed by atoms with E-state index in [0.29, 0.717) is 17.8 Å². The van der Waals surface area contributed by atoms with E-state index in [-0.39, 0.29) is 5.91 Å². The second-order valence-corrected chi connectivity index (χ2v) is 6.88. The van der Waals surface area contributed by atoms with E-state index in [4.69, 9.17) is 11.6 Å². The zero-order valence-electron chi connectivity index (χ0n) is 14.0. The van der Waals surface area contributed by atoms with Gasteiger partial charge in [-0.1, -0.05) is 78.9 Å². The first-order valence-corrected chi connectivity index (χ1v) is 8.83. The SMILES string of the molecule is O=C1N(c2ccccc2)N=C(c2ccccc2)[C@@]1(Cl)Cc1ccccc1. The van der Waals surface area contributed by atoms with Crippen LogP contribution in [0, 0.1) is 0 Å². The maximum Gasteiger partial charge on any atom is 0.275 e. The molecule has 1 atom stereocenters. The van der Waals surface area contributed by atoms with Crippen LogP contribution in [0.3, 0.4) is 0 Å². The molecule has 0 aliphatic carbocycles. The van der Waals surface area contributed by atoms with Gasteiger partial charge < -0.3 is 0 Å². The summed E-state index contributed by atoms with van der Waals surface area (Å²) in [5, 5.41) is 6.04. The first kappa shape index (κ1) is 16.6. The molecule has 0 spiro atoms. The molecular formula is C22H17ClN2O. The summed E-state index contributed by atoms with van der Waals surface area (Å²) in [6.45, 7) is 0. The number of rotatable bonds is 4. The Labute approximate surface area is 157 Å². The predicted octanol–water partition coefficient (Wildman–Crippen LogP) is 4.66.